The van der Waals surface area contributed by atoms with Gasteiger partial charge in [-0.25, -0.2) is 4.98 Å². The van der Waals surface area contributed by atoms with Crippen molar-refractivity contribution in [1.29, 1.82) is 0 Å². The Morgan fingerprint density at radius 3 is 2.65 bits per heavy atom. The Kier molecular flexibility index (Phi) is 3.85. The lowest BCUT2D eigenvalue weighted by Crippen LogP contribution is -2.31. The minimum absolute atomic E-state index is 0.189. The van der Waals surface area contributed by atoms with Crippen LogP contribution in [-0.4, -0.2) is 17.1 Å². The molecular weight excluding hydrogens is 288 g/mol. The molecule has 1 aliphatic rings. The van der Waals surface area contributed by atoms with Crippen molar-refractivity contribution >= 4 is 11.1 Å². The Labute approximate surface area is 135 Å². The lowest BCUT2D eigenvalue weighted by molar-refractivity contribution is 0.0357. The first-order valence-electron chi connectivity index (χ1n) is 8.12. The summed E-state index contributed by atoms with van der Waals surface area (Å²) in [6.07, 6.45) is 3.51. The minimum Gasteiger partial charge on any atom is -0.436 e. The van der Waals surface area contributed by atoms with E-state index < -0.39 is 0 Å². The molecule has 2 N–H and O–H groups in total. The average Bonchev–Trinajstić information content (AvgIpc) is 3.19. The number of rotatable bonds is 4. The molecule has 1 saturated carbocycles. The van der Waals surface area contributed by atoms with Crippen molar-refractivity contribution in [2.45, 2.75) is 38.0 Å². The van der Waals surface area contributed by atoms with Gasteiger partial charge in [0.25, 0.3) is 0 Å². The molecule has 1 heterocycles. The van der Waals surface area contributed by atoms with Gasteiger partial charge in [-0.15, -0.1) is 0 Å². The third kappa shape index (κ3) is 3.00. The largest absolute Gasteiger partial charge is 0.436 e. The lowest BCUT2D eigenvalue weighted by atomic mass is 10.1. The summed E-state index contributed by atoms with van der Waals surface area (Å²) in [4.78, 5) is 4.52. The minimum atomic E-state index is 0.189. The zero-order chi connectivity index (χ0) is 15.6. The van der Waals surface area contributed by atoms with Gasteiger partial charge in [0.1, 0.15) is 5.52 Å². The van der Waals surface area contributed by atoms with Gasteiger partial charge in [-0.2, -0.15) is 0 Å². The molecule has 0 saturated heterocycles. The number of nitrogens with two attached hydrogens (primary N) is 1. The summed E-state index contributed by atoms with van der Waals surface area (Å²) >= 11 is 0. The van der Waals surface area contributed by atoms with Crippen LogP contribution in [0.3, 0.4) is 0 Å². The van der Waals surface area contributed by atoms with E-state index in [2.05, 4.69) is 17.1 Å². The molecule has 3 aromatic rings. The summed E-state index contributed by atoms with van der Waals surface area (Å²) in [5.74, 6) is 0.650. The van der Waals surface area contributed by atoms with Crippen molar-refractivity contribution in [3.8, 4) is 11.5 Å². The number of fused-ring (bicyclic) bond motifs is 1. The molecule has 0 bridgehead atoms. The van der Waals surface area contributed by atoms with E-state index in [0.29, 0.717) is 12.5 Å². The molecule has 4 rings (SSSR count). The standard InChI is InChI=1S/C19H20N2O2/c20-15-4-3-7-17(15)22-12-13-8-10-14(11-9-13)19-21-16-5-1-2-6-18(16)23-19/h1-2,5-6,8-11,15,17H,3-4,7,12,20H2/t15-,17-/m0/s1. The molecule has 0 spiro atoms. The second kappa shape index (κ2) is 6.14. The second-order valence-corrected chi connectivity index (χ2v) is 6.13. The van der Waals surface area contributed by atoms with Crippen LogP contribution in [0.4, 0.5) is 0 Å². The van der Waals surface area contributed by atoms with Crippen LogP contribution in [0.25, 0.3) is 22.6 Å². The van der Waals surface area contributed by atoms with Crippen molar-refractivity contribution in [3.63, 3.8) is 0 Å². The van der Waals surface area contributed by atoms with E-state index in [1.807, 2.05) is 36.4 Å². The zero-order valence-electron chi connectivity index (χ0n) is 12.9. The molecule has 0 unspecified atom stereocenters. The summed E-state index contributed by atoms with van der Waals surface area (Å²) < 4.78 is 11.7. The summed E-state index contributed by atoms with van der Waals surface area (Å²) in [5.41, 5.74) is 9.84. The number of benzene rings is 2. The number of hydrogen-bond acceptors (Lipinski definition) is 4. The highest BCUT2D eigenvalue weighted by Crippen LogP contribution is 2.25. The van der Waals surface area contributed by atoms with Crippen LogP contribution >= 0.6 is 0 Å². The van der Waals surface area contributed by atoms with Crippen LogP contribution in [0.15, 0.2) is 52.9 Å². The average molecular weight is 308 g/mol. The third-order valence-corrected chi connectivity index (χ3v) is 4.46. The van der Waals surface area contributed by atoms with E-state index in [1.54, 1.807) is 0 Å². The van der Waals surface area contributed by atoms with Crippen molar-refractivity contribution in [1.82, 2.24) is 4.98 Å². The first-order valence-corrected chi connectivity index (χ1v) is 8.12. The predicted molar refractivity (Wildman–Crippen MR) is 89.8 cm³/mol. The van der Waals surface area contributed by atoms with Gasteiger partial charge >= 0.3 is 0 Å². The normalized spacial score (nSPS) is 21.1. The predicted octanol–water partition coefficient (Wildman–Crippen LogP) is 3.89. The highest BCUT2D eigenvalue weighted by atomic mass is 16.5. The Bertz CT molecular complexity index is 761. The van der Waals surface area contributed by atoms with Crippen LogP contribution in [0, 0.1) is 0 Å². The van der Waals surface area contributed by atoms with Gasteiger partial charge in [0.15, 0.2) is 5.58 Å². The maximum absolute atomic E-state index is 6.03. The zero-order valence-corrected chi connectivity index (χ0v) is 12.9. The van der Waals surface area contributed by atoms with Crippen molar-refractivity contribution < 1.29 is 9.15 Å². The van der Waals surface area contributed by atoms with E-state index in [-0.39, 0.29) is 12.1 Å². The Hall–Kier alpha value is -2.17. The van der Waals surface area contributed by atoms with Gasteiger partial charge in [0.05, 0.1) is 12.7 Å². The second-order valence-electron chi connectivity index (χ2n) is 6.13. The van der Waals surface area contributed by atoms with Gasteiger partial charge in [-0.05, 0) is 49.1 Å². The quantitative estimate of drug-likeness (QED) is 0.794. The molecule has 4 heteroatoms. The molecule has 1 fully saturated rings. The number of nitrogens with zero attached hydrogens (tertiary/aromatic N) is 1. The monoisotopic (exact) mass is 308 g/mol. The molecular formula is C19H20N2O2. The van der Waals surface area contributed by atoms with Crippen LogP contribution in [-0.2, 0) is 11.3 Å². The highest BCUT2D eigenvalue weighted by molar-refractivity contribution is 5.75. The van der Waals surface area contributed by atoms with Crippen LogP contribution in [0.5, 0.6) is 0 Å². The van der Waals surface area contributed by atoms with Gasteiger partial charge in [-0.3, -0.25) is 0 Å². The number of hydrogen-bond donors (Lipinski definition) is 1. The van der Waals surface area contributed by atoms with Crippen molar-refractivity contribution in [3.05, 3.63) is 54.1 Å². The van der Waals surface area contributed by atoms with E-state index in [0.717, 1.165) is 35.1 Å². The number of para-hydroxylation sites is 2. The number of aromatic nitrogens is 1. The molecule has 0 aliphatic heterocycles. The maximum atomic E-state index is 6.03. The van der Waals surface area contributed by atoms with E-state index in [4.69, 9.17) is 14.9 Å². The topological polar surface area (TPSA) is 61.3 Å². The lowest BCUT2D eigenvalue weighted by Gasteiger charge is -2.16. The first kappa shape index (κ1) is 14.4. The molecule has 1 aliphatic carbocycles. The maximum Gasteiger partial charge on any atom is 0.227 e. The number of oxazole rings is 1. The van der Waals surface area contributed by atoms with Crippen molar-refractivity contribution in [2.24, 2.45) is 5.73 Å². The van der Waals surface area contributed by atoms with E-state index in [1.165, 1.54) is 6.42 Å². The fraction of sp³-hybridized carbons (Fsp3) is 0.316. The van der Waals surface area contributed by atoms with Gasteiger partial charge in [0, 0.05) is 11.6 Å². The van der Waals surface area contributed by atoms with Crippen LogP contribution in [0.2, 0.25) is 0 Å². The summed E-state index contributed by atoms with van der Waals surface area (Å²) in [7, 11) is 0. The molecule has 0 radical (unpaired) electrons. The summed E-state index contributed by atoms with van der Waals surface area (Å²) in [5, 5.41) is 0. The molecule has 23 heavy (non-hydrogen) atoms. The smallest absolute Gasteiger partial charge is 0.227 e. The fourth-order valence-corrected chi connectivity index (χ4v) is 3.10. The Morgan fingerprint density at radius 2 is 1.91 bits per heavy atom. The molecule has 0 amide bonds. The molecule has 4 nitrogen and oxygen atoms in total. The van der Waals surface area contributed by atoms with E-state index in [9.17, 15) is 0 Å². The highest BCUT2D eigenvalue weighted by Gasteiger charge is 2.24. The Balaban J connectivity index is 1.47. The van der Waals surface area contributed by atoms with E-state index >= 15 is 0 Å². The molecule has 1 aromatic heterocycles. The van der Waals surface area contributed by atoms with Gasteiger partial charge < -0.3 is 14.9 Å². The molecule has 2 atom stereocenters. The number of ether oxygens (including phenoxy) is 1. The summed E-state index contributed by atoms with van der Waals surface area (Å²) in [6.45, 7) is 0.603. The summed E-state index contributed by atoms with van der Waals surface area (Å²) in [6, 6.07) is 16.2. The van der Waals surface area contributed by atoms with Gasteiger partial charge in [-0.1, -0.05) is 24.3 Å². The van der Waals surface area contributed by atoms with Crippen LogP contribution < -0.4 is 5.73 Å². The van der Waals surface area contributed by atoms with Crippen molar-refractivity contribution in [2.75, 3.05) is 0 Å². The van der Waals surface area contributed by atoms with Crippen LogP contribution in [0.1, 0.15) is 24.8 Å². The first-order chi connectivity index (χ1) is 11.3. The SMILES string of the molecule is N[C@H]1CCC[C@@H]1OCc1ccc(-c2nc3ccccc3o2)cc1. The molecule has 118 valence electrons. The fourth-order valence-electron chi connectivity index (χ4n) is 3.10. The molecule has 2 aromatic carbocycles. The third-order valence-electron chi connectivity index (χ3n) is 4.46. The van der Waals surface area contributed by atoms with Gasteiger partial charge in [0.2, 0.25) is 5.89 Å². The Morgan fingerprint density at radius 1 is 1.09 bits per heavy atom.